The number of hydrogen-bond donors (Lipinski definition) is 1. The Morgan fingerprint density at radius 1 is 1.09 bits per heavy atom. The van der Waals surface area contributed by atoms with Gasteiger partial charge >= 0.3 is 5.91 Å². The Morgan fingerprint density at radius 2 is 1.91 bits per heavy atom. The second-order valence-corrected chi connectivity index (χ2v) is 12.3. The van der Waals surface area contributed by atoms with Gasteiger partial charge in [0.1, 0.15) is 29.1 Å². The molecule has 6 rings (SSSR count). The molecular formula is C34H34N2O6S. The summed E-state index contributed by atoms with van der Waals surface area (Å²) in [7, 11) is 0. The molecule has 43 heavy (non-hydrogen) atoms. The quantitative estimate of drug-likeness (QED) is 0.125. The highest BCUT2D eigenvalue weighted by Crippen LogP contribution is 2.45. The minimum atomic E-state index is -0.913. The Hall–Kier alpha value is -4.37. The highest BCUT2D eigenvalue weighted by molar-refractivity contribution is 7.22. The van der Waals surface area contributed by atoms with Crippen molar-refractivity contribution >= 4 is 44.1 Å². The molecule has 0 aliphatic carbocycles. The van der Waals surface area contributed by atoms with Crippen molar-refractivity contribution in [3.63, 3.8) is 0 Å². The Labute approximate surface area is 254 Å². The van der Waals surface area contributed by atoms with Crippen molar-refractivity contribution < 1.29 is 28.9 Å². The van der Waals surface area contributed by atoms with Crippen LogP contribution in [0.2, 0.25) is 0 Å². The fraction of sp³-hybridized carbons (Fsp3) is 0.324. The molecule has 3 heterocycles. The fourth-order valence-electron chi connectivity index (χ4n) is 5.51. The van der Waals surface area contributed by atoms with Crippen LogP contribution in [-0.4, -0.2) is 41.1 Å². The Bertz CT molecular complexity index is 1740. The second kappa shape index (κ2) is 11.7. The van der Waals surface area contributed by atoms with Crippen molar-refractivity contribution in [3.05, 3.63) is 82.9 Å². The summed E-state index contributed by atoms with van der Waals surface area (Å²) in [6.07, 6.45) is 1.61. The van der Waals surface area contributed by atoms with Crippen molar-refractivity contribution in [1.82, 2.24) is 4.98 Å². The van der Waals surface area contributed by atoms with Gasteiger partial charge in [-0.15, -0.1) is 0 Å². The number of hydrogen-bond acceptors (Lipinski definition) is 8. The lowest BCUT2D eigenvalue weighted by Gasteiger charge is -2.23. The topological polar surface area (TPSA) is 98.2 Å². The largest absolute Gasteiger partial charge is 0.507 e. The number of thiazole rings is 1. The van der Waals surface area contributed by atoms with Gasteiger partial charge in [-0.3, -0.25) is 14.5 Å². The normalized spacial score (nSPS) is 19.2. The summed E-state index contributed by atoms with van der Waals surface area (Å²) in [4.78, 5) is 33.6. The minimum absolute atomic E-state index is 0.00510. The number of amides is 1. The number of aliphatic hydroxyl groups excluding tert-OH is 1. The van der Waals surface area contributed by atoms with E-state index in [0.29, 0.717) is 58.8 Å². The van der Waals surface area contributed by atoms with E-state index in [2.05, 4.69) is 13.8 Å². The molecule has 0 saturated carbocycles. The summed E-state index contributed by atoms with van der Waals surface area (Å²) in [5.41, 5.74) is 2.72. The number of carbonyl (C=O) groups is 2. The highest BCUT2D eigenvalue weighted by atomic mass is 32.1. The number of benzene rings is 3. The van der Waals surface area contributed by atoms with Crippen LogP contribution in [0.3, 0.4) is 0 Å². The molecule has 2 aliphatic heterocycles. The van der Waals surface area contributed by atoms with Crippen molar-refractivity contribution in [3.8, 4) is 17.2 Å². The number of ketones is 1. The predicted octanol–water partition coefficient (Wildman–Crippen LogP) is 7.07. The van der Waals surface area contributed by atoms with Crippen molar-refractivity contribution in [2.24, 2.45) is 5.92 Å². The van der Waals surface area contributed by atoms with Gasteiger partial charge in [-0.1, -0.05) is 37.3 Å². The Kier molecular flexibility index (Phi) is 7.83. The summed E-state index contributed by atoms with van der Waals surface area (Å²) in [5.74, 6) is 0.807. The summed E-state index contributed by atoms with van der Waals surface area (Å²) in [6.45, 7) is 9.22. The standard InChI is InChI=1S/C34H34N2O6S/c1-5-40-25-10-11-26-28(18-25)43-34(35-26)36-30(21-7-6-8-24(17-21)41-14-13-19(2)3)29(32(38)33(36)39)31(37)22-9-12-27-23(16-22)15-20(4)42-27/h6-12,16-20,30,37H,5,13-15H2,1-4H3/b31-29+/t20-,30+/m1/s1. The van der Waals surface area contributed by atoms with Crippen LogP contribution in [0.1, 0.15) is 56.8 Å². The highest BCUT2D eigenvalue weighted by Gasteiger charge is 2.48. The maximum atomic E-state index is 13.8. The molecule has 0 radical (unpaired) electrons. The van der Waals surface area contributed by atoms with E-state index in [4.69, 9.17) is 19.2 Å². The molecule has 0 unspecified atom stereocenters. The van der Waals surface area contributed by atoms with Gasteiger partial charge in [0, 0.05) is 12.0 Å². The molecule has 0 spiro atoms. The van der Waals surface area contributed by atoms with E-state index in [-0.39, 0.29) is 17.4 Å². The van der Waals surface area contributed by atoms with Gasteiger partial charge < -0.3 is 19.3 Å². The third-order valence-corrected chi connectivity index (χ3v) is 8.63. The maximum absolute atomic E-state index is 13.8. The molecule has 0 bridgehead atoms. The predicted molar refractivity (Wildman–Crippen MR) is 167 cm³/mol. The molecule has 2 aliphatic rings. The van der Waals surface area contributed by atoms with Crippen molar-refractivity contribution in [1.29, 1.82) is 0 Å². The van der Waals surface area contributed by atoms with Gasteiger partial charge in [0.15, 0.2) is 5.13 Å². The lowest BCUT2D eigenvalue weighted by atomic mass is 9.94. The third-order valence-electron chi connectivity index (χ3n) is 7.62. The lowest BCUT2D eigenvalue weighted by Crippen LogP contribution is -2.29. The maximum Gasteiger partial charge on any atom is 0.301 e. The minimum Gasteiger partial charge on any atom is -0.507 e. The lowest BCUT2D eigenvalue weighted by molar-refractivity contribution is -0.132. The fourth-order valence-corrected chi connectivity index (χ4v) is 6.53. The molecule has 1 aromatic heterocycles. The molecule has 1 N–H and O–H groups in total. The first kappa shape index (κ1) is 28.7. The van der Waals surface area contributed by atoms with Crippen LogP contribution in [0.5, 0.6) is 17.2 Å². The van der Waals surface area contributed by atoms with Crippen LogP contribution < -0.4 is 19.1 Å². The van der Waals surface area contributed by atoms with E-state index in [9.17, 15) is 14.7 Å². The van der Waals surface area contributed by atoms with E-state index in [1.54, 1.807) is 12.1 Å². The number of aromatic nitrogens is 1. The molecule has 2 atom stereocenters. The zero-order valence-corrected chi connectivity index (χ0v) is 25.4. The zero-order valence-electron chi connectivity index (χ0n) is 24.6. The van der Waals surface area contributed by atoms with Crippen LogP contribution in [-0.2, 0) is 16.0 Å². The summed E-state index contributed by atoms with van der Waals surface area (Å²) in [5, 5.41) is 12.0. The number of aliphatic hydroxyl groups is 1. The van der Waals surface area contributed by atoms with Crippen LogP contribution in [0, 0.1) is 5.92 Å². The molecule has 4 aromatic rings. The van der Waals surface area contributed by atoms with E-state index in [0.717, 1.165) is 22.4 Å². The van der Waals surface area contributed by atoms with Crippen LogP contribution in [0.4, 0.5) is 5.13 Å². The SMILES string of the molecule is CCOc1ccc2nc(N3C(=O)C(=O)/C(=C(/O)c4ccc5c(c4)C[C@@H](C)O5)[C@@H]3c3cccc(OCCC(C)C)c3)sc2c1. The van der Waals surface area contributed by atoms with E-state index >= 15 is 0 Å². The van der Waals surface area contributed by atoms with Gasteiger partial charge in [0.05, 0.1) is 35.0 Å². The molecule has 1 fully saturated rings. The molecule has 1 saturated heterocycles. The third kappa shape index (κ3) is 5.57. The van der Waals surface area contributed by atoms with Gasteiger partial charge in [-0.25, -0.2) is 4.98 Å². The molecule has 222 valence electrons. The van der Waals surface area contributed by atoms with Crippen molar-refractivity contribution in [2.75, 3.05) is 18.1 Å². The van der Waals surface area contributed by atoms with Crippen LogP contribution >= 0.6 is 11.3 Å². The molecule has 1 amide bonds. The average molecular weight is 599 g/mol. The number of Topliss-reactive ketones (excluding diaryl/α,β-unsaturated/α-hetero) is 1. The van der Waals surface area contributed by atoms with Gasteiger partial charge in [-0.05, 0) is 85.8 Å². The number of nitrogens with zero attached hydrogens (tertiary/aromatic N) is 2. The van der Waals surface area contributed by atoms with Crippen LogP contribution in [0.15, 0.2) is 66.2 Å². The van der Waals surface area contributed by atoms with Gasteiger partial charge in [0.2, 0.25) is 0 Å². The summed E-state index contributed by atoms with van der Waals surface area (Å²) in [6, 6.07) is 17.3. The Morgan fingerprint density at radius 3 is 2.70 bits per heavy atom. The smallest absolute Gasteiger partial charge is 0.301 e. The first-order chi connectivity index (χ1) is 20.7. The number of anilines is 1. The number of fused-ring (bicyclic) bond motifs is 2. The average Bonchev–Trinajstić information content (AvgIpc) is 3.64. The van der Waals surface area contributed by atoms with Gasteiger partial charge in [0.25, 0.3) is 5.78 Å². The van der Waals surface area contributed by atoms with Gasteiger partial charge in [-0.2, -0.15) is 0 Å². The van der Waals surface area contributed by atoms with E-state index in [1.165, 1.54) is 16.2 Å². The van der Waals surface area contributed by atoms with E-state index < -0.39 is 17.7 Å². The first-order valence-corrected chi connectivity index (χ1v) is 15.4. The number of carbonyl (C=O) groups excluding carboxylic acids is 2. The second-order valence-electron chi connectivity index (χ2n) is 11.3. The number of ether oxygens (including phenoxy) is 3. The monoisotopic (exact) mass is 598 g/mol. The summed E-state index contributed by atoms with van der Waals surface area (Å²) >= 11 is 1.30. The number of rotatable bonds is 9. The summed E-state index contributed by atoms with van der Waals surface area (Å²) < 4.78 is 18.3. The Balaban J connectivity index is 1.47. The molecule has 9 heteroatoms. The molecule has 3 aromatic carbocycles. The van der Waals surface area contributed by atoms with E-state index in [1.807, 2.05) is 62.4 Å². The first-order valence-electron chi connectivity index (χ1n) is 14.6. The van der Waals surface area contributed by atoms with Crippen molar-refractivity contribution in [2.45, 2.75) is 52.7 Å². The van der Waals surface area contributed by atoms with Crippen LogP contribution in [0.25, 0.3) is 16.0 Å². The molecular weight excluding hydrogens is 564 g/mol. The molecule has 8 nitrogen and oxygen atoms in total. The zero-order chi connectivity index (χ0) is 30.2.